The Balaban J connectivity index is 2.48. The van der Waals surface area contributed by atoms with Gasteiger partial charge in [-0.1, -0.05) is 13.8 Å². The van der Waals surface area contributed by atoms with Crippen molar-refractivity contribution in [1.82, 2.24) is 9.97 Å². The number of carbonyl (C=O) groups is 1. The van der Waals surface area contributed by atoms with Crippen LogP contribution in [0.2, 0.25) is 0 Å². The van der Waals surface area contributed by atoms with E-state index in [0.29, 0.717) is 29.5 Å². The highest BCUT2D eigenvalue weighted by Crippen LogP contribution is 2.27. The van der Waals surface area contributed by atoms with E-state index < -0.39 is 5.97 Å². The van der Waals surface area contributed by atoms with E-state index in [4.69, 9.17) is 13.9 Å². The van der Waals surface area contributed by atoms with Gasteiger partial charge in [0.25, 0.3) is 5.89 Å². The maximum absolute atomic E-state index is 11.2. The first-order valence-electron chi connectivity index (χ1n) is 6.06. The summed E-state index contributed by atoms with van der Waals surface area (Å²) >= 11 is 0. The number of nitrogens with zero attached hydrogens (tertiary/aromatic N) is 2. The molecule has 0 fully saturated rings. The molecule has 0 aliphatic carbocycles. The molecule has 0 aliphatic heterocycles. The molecule has 0 aliphatic rings. The second kappa shape index (κ2) is 4.87. The molecule has 6 heteroatoms. The first kappa shape index (κ1) is 13.3. The third kappa shape index (κ3) is 2.67. The number of aryl methyl sites for hydroxylation is 2. The molecule has 2 heterocycles. The summed E-state index contributed by atoms with van der Waals surface area (Å²) in [5.41, 5.74) is 1.07. The quantitative estimate of drug-likeness (QED) is 0.913. The minimum Gasteiger partial charge on any atom is -0.475 e. The maximum Gasteiger partial charge on any atom is 0.373 e. The van der Waals surface area contributed by atoms with Crippen LogP contribution in [-0.4, -0.2) is 21.0 Å². The third-order valence-electron chi connectivity index (χ3n) is 2.59. The van der Waals surface area contributed by atoms with Crippen LogP contribution in [0.4, 0.5) is 0 Å². The van der Waals surface area contributed by atoms with Gasteiger partial charge >= 0.3 is 5.97 Å². The molecule has 2 aromatic heterocycles. The van der Waals surface area contributed by atoms with Gasteiger partial charge in [0.05, 0.1) is 11.4 Å². The number of hydrogen-bond acceptors (Lipinski definition) is 5. The van der Waals surface area contributed by atoms with E-state index in [2.05, 4.69) is 9.97 Å². The average Bonchev–Trinajstić information content (AvgIpc) is 2.81. The Bertz CT molecular complexity index is 610. The van der Waals surface area contributed by atoms with Gasteiger partial charge in [0.15, 0.2) is 5.89 Å². The number of carboxylic acid groups (broad SMARTS) is 1. The number of rotatable bonds is 4. The van der Waals surface area contributed by atoms with Crippen LogP contribution in [0.25, 0.3) is 11.7 Å². The molecule has 6 nitrogen and oxygen atoms in total. The molecular formula is C13H16N2O4. The number of aromatic nitrogens is 2. The largest absolute Gasteiger partial charge is 0.475 e. The highest BCUT2D eigenvalue weighted by molar-refractivity contribution is 5.86. The molecule has 0 unspecified atom stereocenters. The van der Waals surface area contributed by atoms with Crippen LogP contribution < -0.4 is 0 Å². The van der Waals surface area contributed by atoms with Crippen molar-refractivity contribution in [2.75, 3.05) is 0 Å². The van der Waals surface area contributed by atoms with Crippen molar-refractivity contribution in [2.24, 2.45) is 5.92 Å². The van der Waals surface area contributed by atoms with Gasteiger partial charge in [-0.15, -0.1) is 0 Å². The van der Waals surface area contributed by atoms with Crippen LogP contribution in [-0.2, 0) is 6.42 Å². The van der Waals surface area contributed by atoms with Crippen molar-refractivity contribution in [3.05, 3.63) is 23.0 Å². The second-order valence-corrected chi connectivity index (χ2v) is 4.85. The van der Waals surface area contributed by atoms with Crippen molar-refractivity contribution in [1.29, 1.82) is 0 Å². The van der Waals surface area contributed by atoms with Gasteiger partial charge in [-0.05, 0) is 19.3 Å². The van der Waals surface area contributed by atoms with E-state index in [-0.39, 0.29) is 17.6 Å². The van der Waals surface area contributed by atoms with Crippen LogP contribution in [0, 0.1) is 19.8 Å². The summed E-state index contributed by atoms with van der Waals surface area (Å²) < 4.78 is 10.7. The van der Waals surface area contributed by atoms with Crippen LogP contribution in [0.5, 0.6) is 0 Å². The fourth-order valence-corrected chi connectivity index (χ4v) is 1.87. The minimum absolute atomic E-state index is 0.128. The molecule has 0 bridgehead atoms. The van der Waals surface area contributed by atoms with E-state index in [1.807, 2.05) is 13.8 Å². The highest BCUT2D eigenvalue weighted by atomic mass is 16.4. The fourth-order valence-electron chi connectivity index (χ4n) is 1.87. The monoisotopic (exact) mass is 264 g/mol. The average molecular weight is 264 g/mol. The highest BCUT2D eigenvalue weighted by Gasteiger charge is 2.24. The van der Waals surface area contributed by atoms with Gasteiger partial charge in [-0.25, -0.2) is 14.8 Å². The molecule has 2 rings (SSSR count). The zero-order valence-electron chi connectivity index (χ0n) is 11.4. The molecule has 102 valence electrons. The van der Waals surface area contributed by atoms with E-state index in [9.17, 15) is 4.79 Å². The van der Waals surface area contributed by atoms with Gasteiger partial charge in [0.2, 0.25) is 11.5 Å². The standard InChI is InChI=1S/C13H16N2O4/c1-6(2)5-9-11(13(16)17)19-12(15-9)10-7(3)14-8(4)18-10/h6H,5H2,1-4H3,(H,16,17). The molecule has 0 atom stereocenters. The van der Waals surface area contributed by atoms with Crippen molar-refractivity contribution in [3.63, 3.8) is 0 Å². The third-order valence-corrected chi connectivity index (χ3v) is 2.59. The number of aromatic carboxylic acids is 1. The molecule has 0 aromatic carbocycles. The zero-order chi connectivity index (χ0) is 14.2. The van der Waals surface area contributed by atoms with Crippen LogP contribution in [0.15, 0.2) is 8.83 Å². The van der Waals surface area contributed by atoms with Crippen LogP contribution in [0.3, 0.4) is 0 Å². The van der Waals surface area contributed by atoms with Crippen LogP contribution >= 0.6 is 0 Å². The van der Waals surface area contributed by atoms with Gasteiger partial charge in [0.1, 0.15) is 0 Å². The predicted molar refractivity (Wildman–Crippen MR) is 67.0 cm³/mol. The summed E-state index contributed by atoms with van der Waals surface area (Å²) in [4.78, 5) is 19.5. The predicted octanol–water partition coefficient (Wildman–Crippen LogP) is 2.84. The summed E-state index contributed by atoms with van der Waals surface area (Å²) in [5, 5.41) is 9.13. The fraction of sp³-hybridized carbons (Fsp3) is 0.462. The van der Waals surface area contributed by atoms with Crippen molar-refractivity contribution < 1.29 is 18.7 Å². The smallest absolute Gasteiger partial charge is 0.373 e. The first-order valence-corrected chi connectivity index (χ1v) is 6.06. The Morgan fingerprint density at radius 3 is 2.42 bits per heavy atom. The van der Waals surface area contributed by atoms with Gasteiger partial charge in [0, 0.05) is 6.92 Å². The minimum atomic E-state index is -1.12. The normalized spacial score (nSPS) is 11.2. The van der Waals surface area contributed by atoms with E-state index >= 15 is 0 Å². The van der Waals surface area contributed by atoms with Crippen molar-refractivity contribution in [3.8, 4) is 11.7 Å². The SMILES string of the molecule is Cc1nc(C)c(-c2nc(CC(C)C)c(C(=O)O)o2)o1. The molecule has 2 aromatic rings. The molecular weight excluding hydrogens is 248 g/mol. The molecule has 0 saturated heterocycles. The Hall–Kier alpha value is -2.11. The number of hydrogen-bond donors (Lipinski definition) is 1. The number of oxazole rings is 2. The summed E-state index contributed by atoms with van der Waals surface area (Å²) in [6, 6.07) is 0. The first-order chi connectivity index (χ1) is 8.88. The summed E-state index contributed by atoms with van der Waals surface area (Å²) in [6.45, 7) is 7.46. The van der Waals surface area contributed by atoms with E-state index in [0.717, 1.165) is 0 Å². The van der Waals surface area contributed by atoms with Gasteiger partial charge in [-0.2, -0.15) is 0 Å². The summed E-state index contributed by atoms with van der Waals surface area (Å²) in [7, 11) is 0. The van der Waals surface area contributed by atoms with E-state index in [1.165, 1.54) is 0 Å². The second-order valence-electron chi connectivity index (χ2n) is 4.85. The van der Waals surface area contributed by atoms with E-state index in [1.54, 1.807) is 13.8 Å². The maximum atomic E-state index is 11.2. The summed E-state index contributed by atoms with van der Waals surface area (Å²) in [5.74, 6) is 0.0863. The van der Waals surface area contributed by atoms with Gasteiger partial charge in [-0.3, -0.25) is 0 Å². The lowest BCUT2D eigenvalue weighted by Gasteiger charge is -1.99. The van der Waals surface area contributed by atoms with Gasteiger partial charge < -0.3 is 13.9 Å². The van der Waals surface area contributed by atoms with Crippen molar-refractivity contribution in [2.45, 2.75) is 34.1 Å². The lowest BCUT2D eigenvalue weighted by molar-refractivity contribution is 0.0661. The Labute approximate surface area is 110 Å². The molecule has 1 N–H and O–H groups in total. The van der Waals surface area contributed by atoms with Crippen LogP contribution in [0.1, 0.15) is 41.7 Å². The molecule has 0 spiro atoms. The number of carboxylic acids is 1. The molecule has 0 amide bonds. The Morgan fingerprint density at radius 1 is 1.26 bits per heavy atom. The Kier molecular flexibility index (Phi) is 3.42. The lowest BCUT2D eigenvalue weighted by atomic mass is 10.1. The zero-order valence-corrected chi connectivity index (χ0v) is 11.4. The van der Waals surface area contributed by atoms with Crippen molar-refractivity contribution >= 4 is 5.97 Å². The topological polar surface area (TPSA) is 89.4 Å². The molecule has 0 radical (unpaired) electrons. The molecule has 19 heavy (non-hydrogen) atoms. The summed E-state index contributed by atoms with van der Waals surface area (Å²) in [6.07, 6.45) is 0.539. The molecule has 0 saturated carbocycles. The Morgan fingerprint density at radius 2 is 1.95 bits per heavy atom. The lowest BCUT2D eigenvalue weighted by Crippen LogP contribution is -2.03.